The first-order chi connectivity index (χ1) is 13.7. The number of aryl methyl sites for hydroxylation is 1. The van der Waals surface area contributed by atoms with Crippen molar-refractivity contribution in [3.63, 3.8) is 0 Å². The summed E-state index contributed by atoms with van der Waals surface area (Å²) in [4.78, 5) is 16.1. The molecular weight excluding hydrogens is 344 g/mol. The molecule has 4 rings (SSSR count). The second-order valence-electron chi connectivity index (χ2n) is 7.22. The van der Waals surface area contributed by atoms with Crippen LogP contribution in [0, 0.1) is 6.92 Å². The molecule has 0 aliphatic rings. The molecule has 2 N–H and O–H groups in total. The van der Waals surface area contributed by atoms with Gasteiger partial charge in [-0.1, -0.05) is 78.4 Å². The molecule has 0 bridgehead atoms. The SMILES string of the molecule is Cc1ccc(C(CC(=O)NCc2ccccc2)c2c[nH]c3ccccc23)cc1. The number of hydrogen-bond acceptors (Lipinski definition) is 1. The Labute approximate surface area is 165 Å². The average molecular weight is 368 g/mol. The topological polar surface area (TPSA) is 44.9 Å². The monoisotopic (exact) mass is 368 g/mol. The van der Waals surface area contributed by atoms with Crippen LogP contribution in [-0.4, -0.2) is 10.9 Å². The number of nitrogens with one attached hydrogen (secondary N) is 2. The van der Waals surface area contributed by atoms with Crippen LogP contribution in [0.5, 0.6) is 0 Å². The molecule has 0 aliphatic heterocycles. The first-order valence-electron chi connectivity index (χ1n) is 9.64. The summed E-state index contributed by atoms with van der Waals surface area (Å²) < 4.78 is 0. The molecular formula is C25H24N2O. The van der Waals surface area contributed by atoms with Crippen LogP contribution in [0.3, 0.4) is 0 Å². The maximum atomic E-state index is 12.8. The minimum absolute atomic E-state index is 0.00697. The number of benzene rings is 3. The molecule has 3 nitrogen and oxygen atoms in total. The molecule has 1 amide bonds. The van der Waals surface area contributed by atoms with E-state index >= 15 is 0 Å². The number of fused-ring (bicyclic) bond motifs is 1. The number of amides is 1. The normalized spacial score (nSPS) is 12.0. The minimum atomic E-state index is 0.00697. The summed E-state index contributed by atoms with van der Waals surface area (Å²) in [7, 11) is 0. The van der Waals surface area contributed by atoms with Crippen molar-refractivity contribution in [1.82, 2.24) is 10.3 Å². The molecule has 1 unspecified atom stereocenters. The van der Waals surface area contributed by atoms with Gasteiger partial charge in [0.1, 0.15) is 0 Å². The number of aromatic nitrogens is 1. The Bertz CT molecular complexity index is 1060. The summed E-state index contributed by atoms with van der Waals surface area (Å²) in [5, 5.41) is 4.24. The van der Waals surface area contributed by atoms with Crippen molar-refractivity contribution >= 4 is 16.8 Å². The molecule has 0 aliphatic carbocycles. The highest BCUT2D eigenvalue weighted by Crippen LogP contribution is 2.33. The quantitative estimate of drug-likeness (QED) is 0.476. The molecule has 0 saturated heterocycles. The van der Waals surface area contributed by atoms with Crippen LogP contribution >= 0.6 is 0 Å². The first-order valence-corrected chi connectivity index (χ1v) is 9.64. The van der Waals surface area contributed by atoms with E-state index < -0.39 is 0 Å². The van der Waals surface area contributed by atoms with E-state index in [0.29, 0.717) is 13.0 Å². The van der Waals surface area contributed by atoms with Gasteiger partial charge in [-0.2, -0.15) is 0 Å². The Morgan fingerprint density at radius 2 is 1.64 bits per heavy atom. The van der Waals surface area contributed by atoms with E-state index in [1.165, 1.54) is 10.9 Å². The van der Waals surface area contributed by atoms with Crippen LogP contribution < -0.4 is 5.32 Å². The molecule has 4 aromatic rings. The van der Waals surface area contributed by atoms with Gasteiger partial charge in [-0.15, -0.1) is 0 Å². The molecule has 1 atom stereocenters. The van der Waals surface area contributed by atoms with Gasteiger partial charge in [0, 0.05) is 36.0 Å². The van der Waals surface area contributed by atoms with Crippen LogP contribution in [-0.2, 0) is 11.3 Å². The molecule has 1 aromatic heterocycles. The predicted molar refractivity (Wildman–Crippen MR) is 114 cm³/mol. The standard InChI is InChI=1S/C25H24N2O/c1-18-11-13-20(14-12-18)22(23-17-26-24-10-6-5-9-21(23)24)15-25(28)27-16-19-7-3-2-4-8-19/h2-14,17,22,26H,15-16H2,1H3,(H,27,28). The Kier molecular flexibility index (Phi) is 5.24. The number of para-hydroxylation sites is 1. The van der Waals surface area contributed by atoms with Crippen LogP contribution in [0.4, 0.5) is 0 Å². The van der Waals surface area contributed by atoms with Crippen LogP contribution in [0.2, 0.25) is 0 Å². The van der Waals surface area contributed by atoms with E-state index in [-0.39, 0.29) is 11.8 Å². The third-order valence-electron chi connectivity index (χ3n) is 5.20. The van der Waals surface area contributed by atoms with Gasteiger partial charge in [-0.05, 0) is 29.7 Å². The summed E-state index contributed by atoms with van der Waals surface area (Å²) in [6, 6.07) is 26.7. The van der Waals surface area contributed by atoms with E-state index in [9.17, 15) is 4.79 Å². The molecule has 0 fully saturated rings. The number of hydrogen-bond donors (Lipinski definition) is 2. The number of rotatable bonds is 6. The molecule has 1 heterocycles. The van der Waals surface area contributed by atoms with Gasteiger partial charge in [0.2, 0.25) is 5.91 Å². The lowest BCUT2D eigenvalue weighted by Crippen LogP contribution is -2.25. The van der Waals surface area contributed by atoms with Crippen molar-refractivity contribution in [2.24, 2.45) is 0 Å². The molecule has 0 saturated carbocycles. The zero-order valence-electron chi connectivity index (χ0n) is 16.0. The number of aromatic amines is 1. The van der Waals surface area contributed by atoms with E-state index in [0.717, 1.165) is 22.2 Å². The fourth-order valence-corrected chi connectivity index (χ4v) is 3.64. The van der Waals surface area contributed by atoms with Gasteiger partial charge in [0.25, 0.3) is 0 Å². The maximum absolute atomic E-state index is 12.8. The van der Waals surface area contributed by atoms with Gasteiger partial charge in [-0.25, -0.2) is 0 Å². The Balaban J connectivity index is 1.60. The van der Waals surface area contributed by atoms with Crippen molar-refractivity contribution in [3.05, 3.63) is 107 Å². The summed E-state index contributed by atoms with van der Waals surface area (Å²) in [5.74, 6) is 0.0623. The number of carbonyl (C=O) groups excluding carboxylic acids is 1. The largest absolute Gasteiger partial charge is 0.361 e. The van der Waals surface area contributed by atoms with Gasteiger partial charge in [0.15, 0.2) is 0 Å². The lowest BCUT2D eigenvalue weighted by Gasteiger charge is -2.17. The first kappa shape index (κ1) is 18.1. The van der Waals surface area contributed by atoms with Gasteiger partial charge in [0.05, 0.1) is 0 Å². The Morgan fingerprint density at radius 3 is 2.43 bits per heavy atom. The van der Waals surface area contributed by atoms with Crippen LogP contribution in [0.15, 0.2) is 85.1 Å². The van der Waals surface area contributed by atoms with Crippen molar-refractivity contribution in [2.75, 3.05) is 0 Å². The zero-order valence-corrected chi connectivity index (χ0v) is 16.0. The smallest absolute Gasteiger partial charge is 0.221 e. The van der Waals surface area contributed by atoms with E-state index in [1.54, 1.807) is 0 Å². The van der Waals surface area contributed by atoms with E-state index in [2.05, 4.69) is 53.6 Å². The summed E-state index contributed by atoms with van der Waals surface area (Å²) in [5.41, 5.74) is 5.74. The van der Waals surface area contributed by atoms with Crippen molar-refractivity contribution in [2.45, 2.75) is 25.8 Å². The number of H-pyrrole nitrogens is 1. The maximum Gasteiger partial charge on any atom is 0.221 e. The molecule has 3 aromatic carbocycles. The molecule has 0 spiro atoms. The second-order valence-corrected chi connectivity index (χ2v) is 7.22. The molecule has 0 radical (unpaired) electrons. The Hall–Kier alpha value is -3.33. The summed E-state index contributed by atoms with van der Waals surface area (Å²) in [6.45, 7) is 2.63. The van der Waals surface area contributed by atoms with Crippen LogP contribution in [0.25, 0.3) is 10.9 Å². The average Bonchev–Trinajstić information content (AvgIpc) is 3.16. The fraction of sp³-hybridized carbons (Fsp3) is 0.160. The lowest BCUT2D eigenvalue weighted by atomic mass is 9.87. The summed E-state index contributed by atoms with van der Waals surface area (Å²) in [6.07, 6.45) is 2.46. The van der Waals surface area contributed by atoms with Gasteiger partial charge in [-0.3, -0.25) is 4.79 Å². The van der Waals surface area contributed by atoms with Crippen molar-refractivity contribution in [1.29, 1.82) is 0 Å². The lowest BCUT2D eigenvalue weighted by molar-refractivity contribution is -0.121. The van der Waals surface area contributed by atoms with Crippen LogP contribution in [0.1, 0.15) is 34.6 Å². The molecule has 28 heavy (non-hydrogen) atoms. The zero-order chi connectivity index (χ0) is 19.3. The van der Waals surface area contributed by atoms with Crippen molar-refractivity contribution < 1.29 is 4.79 Å². The minimum Gasteiger partial charge on any atom is -0.361 e. The Morgan fingerprint density at radius 1 is 0.929 bits per heavy atom. The fourth-order valence-electron chi connectivity index (χ4n) is 3.64. The number of carbonyl (C=O) groups is 1. The van der Waals surface area contributed by atoms with Gasteiger partial charge >= 0.3 is 0 Å². The predicted octanol–water partition coefficient (Wildman–Crippen LogP) is 5.31. The molecule has 140 valence electrons. The van der Waals surface area contributed by atoms with E-state index in [4.69, 9.17) is 0 Å². The highest BCUT2D eigenvalue weighted by molar-refractivity contribution is 5.86. The third-order valence-corrected chi connectivity index (χ3v) is 5.20. The summed E-state index contributed by atoms with van der Waals surface area (Å²) >= 11 is 0. The van der Waals surface area contributed by atoms with E-state index in [1.807, 2.05) is 48.7 Å². The highest BCUT2D eigenvalue weighted by Gasteiger charge is 2.21. The third kappa shape index (κ3) is 3.99. The van der Waals surface area contributed by atoms with Crippen molar-refractivity contribution in [3.8, 4) is 0 Å². The second kappa shape index (κ2) is 8.13. The highest BCUT2D eigenvalue weighted by atomic mass is 16.1. The van der Waals surface area contributed by atoms with Gasteiger partial charge < -0.3 is 10.3 Å². The molecule has 3 heteroatoms.